The van der Waals surface area contributed by atoms with Crippen molar-refractivity contribution in [3.05, 3.63) is 29.8 Å². The molecule has 0 spiro atoms. The Morgan fingerprint density at radius 2 is 2.06 bits per heavy atom. The van der Waals surface area contributed by atoms with Crippen LogP contribution in [0, 0.1) is 5.92 Å². The highest BCUT2D eigenvalue weighted by atomic mass is 16.3. The van der Waals surface area contributed by atoms with Gasteiger partial charge in [-0.2, -0.15) is 0 Å². The summed E-state index contributed by atoms with van der Waals surface area (Å²) in [5.74, 6) is 1.34. The molecule has 0 bridgehead atoms. The van der Waals surface area contributed by atoms with Gasteiger partial charge in [0, 0.05) is 12.6 Å². The Balaban J connectivity index is 1.69. The molecule has 2 unspecified atom stereocenters. The summed E-state index contributed by atoms with van der Waals surface area (Å²) in [7, 11) is 0. The van der Waals surface area contributed by atoms with Crippen molar-refractivity contribution in [3.63, 3.8) is 0 Å². The van der Waals surface area contributed by atoms with Crippen LogP contribution >= 0.6 is 0 Å². The predicted molar refractivity (Wildman–Crippen MR) is 68.9 cm³/mol. The van der Waals surface area contributed by atoms with Crippen LogP contribution < -0.4 is 0 Å². The fourth-order valence-electron chi connectivity index (χ4n) is 3.59. The topological polar surface area (TPSA) is 23.5 Å². The summed E-state index contributed by atoms with van der Waals surface area (Å²) in [4.78, 5) is 2.62. The van der Waals surface area contributed by atoms with Crippen molar-refractivity contribution in [2.24, 2.45) is 5.92 Å². The molecule has 92 valence electrons. The summed E-state index contributed by atoms with van der Waals surface area (Å²) >= 11 is 0. The SMILES string of the molecule is Oc1cccc(CN2CCC3CCCCC32)c1. The maximum atomic E-state index is 9.50. The molecule has 0 radical (unpaired) electrons. The van der Waals surface area contributed by atoms with Crippen molar-refractivity contribution in [1.82, 2.24) is 4.90 Å². The first-order valence-electron chi connectivity index (χ1n) is 6.85. The fraction of sp³-hybridized carbons (Fsp3) is 0.600. The van der Waals surface area contributed by atoms with E-state index in [1.807, 2.05) is 12.1 Å². The van der Waals surface area contributed by atoms with Crippen LogP contribution in [0.15, 0.2) is 24.3 Å². The molecule has 1 aliphatic heterocycles. The minimum Gasteiger partial charge on any atom is -0.508 e. The molecule has 1 heterocycles. The number of phenolic OH excluding ortho intramolecular Hbond substituents is 1. The smallest absolute Gasteiger partial charge is 0.115 e. The molecule has 2 nitrogen and oxygen atoms in total. The highest BCUT2D eigenvalue weighted by Gasteiger charge is 2.35. The van der Waals surface area contributed by atoms with Crippen molar-refractivity contribution in [1.29, 1.82) is 0 Å². The van der Waals surface area contributed by atoms with Crippen molar-refractivity contribution < 1.29 is 5.11 Å². The molecule has 1 aliphatic carbocycles. The van der Waals surface area contributed by atoms with E-state index in [9.17, 15) is 5.11 Å². The van der Waals surface area contributed by atoms with Crippen molar-refractivity contribution >= 4 is 0 Å². The van der Waals surface area contributed by atoms with Gasteiger partial charge < -0.3 is 5.11 Å². The Morgan fingerprint density at radius 1 is 1.18 bits per heavy atom. The van der Waals surface area contributed by atoms with E-state index in [1.165, 1.54) is 44.2 Å². The Morgan fingerprint density at radius 3 is 2.94 bits per heavy atom. The molecule has 1 saturated carbocycles. The molecule has 1 aromatic rings. The van der Waals surface area contributed by atoms with Crippen LogP contribution in [-0.2, 0) is 6.54 Å². The number of likely N-dealkylation sites (tertiary alicyclic amines) is 1. The standard InChI is InChI=1S/C15H21NO/c17-14-6-3-4-12(10-14)11-16-9-8-13-5-1-2-7-15(13)16/h3-4,6,10,13,15,17H,1-2,5,7-9,11H2. The fourth-order valence-corrected chi connectivity index (χ4v) is 3.59. The van der Waals surface area contributed by atoms with Crippen LogP contribution in [0.25, 0.3) is 0 Å². The first-order valence-corrected chi connectivity index (χ1v) is 6.85. The van der Waals surface area contributed by atoms with Gasteiger partial charge in [0.2, 0.25) is 0 Å². The van der Waals surface area contributed by atoms with E-state index >= 15 is 0 Å². The lowest BCUT2D eigenvalue weighted by Gasteiger charge is -2.31. The van der Waals surface area contributed by atoms with E-state index in [2.05, 4.69) is 11.0 Å². The lowest BCUT2D eigenvalue weighted by atomic mass is 9.85. The van der Waals surface area contributed by atoms with Crippen LogP contribution in [0.1, 0.15) is 37.7 Å². The van der Waals surface area contributed by atoms with Gasteiger partial charge in [-0.3, -0.25) is 4.90 Å². The molecular formula is C15H21NO. The third-order valence-corrected chi connectivity index (χ3v) is 4.42. The number of phenols is 1. The van der Waals surface area contributed by atoms with Gasteiger partial charge in [0.25, 0.3) is 0 Å². The van der Waals surface area contributed by atoms with Gasteiger partial charge in [-0.15, -0.1) is 0 Å². The Kier molecular flexibility index (Phi) is 3.06. The number of aromatic hydroxyl groups is 1. The lowest BCUT2D eigenvalue weighted by molar-refractivity contribution is 0.176. The Bertz CT molecular complexity index is 390. The van der Waals surface area contributed by atoms with Crippen LogP contribution in [0.2, 0.25) is 0 Å². The van der Waals surface area contributed by atoms with Crippen LogP contribution in [0.4, 0.5) is 0 Å². The van der Waals surface area contributed by atoms with Gasteiger partial charge in [0.05, 0.1) is 0 Å². The summed E-state index contributed by atoms with van der Waals surface area (Å²) in [6, 6.07) is 8.52. The molecule has 0 amide bonds. The number of hydrogen-bond donors (Lipinski definition) is 1. The third-order valence-electron chi connectivity index (χ3n) is 4.42. The van der Waals surface area contributed by atoms with Gasteiger partial charge in [-0.05, 0) is 49.4 Å². The zero-order valence-electron chi connectivity index (χ0n) is 10.3. The number of nitrogens with zero attached hydrogens (tertiary/aromatic N) is 1. The zero-order chi connectivity index (χ0) is 11.7. The summed E-state index contributed by atoms with van der Waals surface area (Å²) < 4.78 is 0. The molecule has 1 aromatic carbocycles. The second-order valence-electron chi connectivity index (χ2n) is 5.54. The maximum absolute atomic E-state index is 9.50. The zero-order valence-corrected chi connectivity index (χ0v) is 10.3. The highest BCUT2D eigenvalue weighted by molar-refractivity contribution is 5.27. The van der Waals surface area contributed by atoms with Crippen LogP contribution in [-0.4, -0.2) is 22.6 Å². The van der Waals surface area contributed by atoms with E-state index in [0.717, 1.165) is 18.5 Å². The predicted octanol–water partition coefficient (Wildman–Crippen LogP) is 3.16. The molecule has 2 fully saturated rings. The van der Waals surface area contributed by atoms with Crippen molar-refractivity contribution in [2.45, 2.75) is 44.7 Å². The van der Waals surface area contributed by atoms with Gasteiger partial charge in [-0.1, -0.05) is 25.0 Å². The quantitative estimate of drug-likeness (QED) is 0.845. The van der Waals surface area contributed by atoms with E-state index in [4.69, 9.17) is 0 Å². The monoisotopic (exact) mass is 231 g/mol. The van der Waals surface area contributed by atoms with E-state index in [1.54, 1.807) is 6.07 Å². The van der Waals surface area contributed by atoms with Crippen molar-refractivity contribution in [2.75, 3.05) is 6.54 Å². The summed E-state index contributed by atoms with van der Waals surface area (Å²) in [5, 5.41) is 9.50. The largest absolute Gasteiger partial charge is 0.508 e. The molecule has 2 atom stereocenters. The molecule has 1 N–H and O–H groups in total. The second kappa shape index (κ2) is 4.69. The summed E-state index contributed by atoms with van der Waals surface area (Å²) in [6.07, 6.45) is 7.02. The van der Waals surface area contributed by atoms with Gasteiger partial charge in [0.1, 0.15) is 5.75 Å². The van der Waals surface area contributed by atoms with E-state index < -0.39 is 0 Å². The minimum absolute atomic E-state index is 0.391. The van der Waals surface area contributed by atoms with Crippen LogP contribution in [0.5, 0.6) is 5.75 Å². The number of fused-ring (bicyclic) bond motifs is 1. The van der Waals surface area contributed by atoms with Gasteiger partial charge >= 0.3 is 0 Å². The first kappa shape index (κ1) is 11.1. The highest BCUT2D eigenvalue weighted by Crippen LogP contribution is 2.36. The Hall–Kier alpha value is -1.02. The first-order chi connectivity index (χ1) is 8.33. The van der Waals surface area contributed by atoms with Crippen LogP contribution in [0.3, 0.4) is 0 Å². The molecular weight excluding hydrogens is 210 g/mol. The molecule has 1 saturated heterocycles. The third kappa shape index (κ3) is 2.32. The number of hydrogen-bond acceptors (Lipinski definition) is 2. The maximum Gasteiger partial charge on any atom is 0.115 e. The summed E-state index contributed by atoms with van der Waals surface area (Å²) in [6.45, 7) is 2.25. The molecule has 0 aromatic heterocycles. The molecule has 17 heavy (non-hydrogen) atoms. The lowest BCUT2D eigenvalue weighted by Crippen LogP contribution is -2.34. The summed E-state index contributed by atoms with van der Waals surface area (Å²) in [5.41, 5.74) is 1.25. The van der Waals surface area contributed by atoms with E-state index in [-0.39, 0.29) is 0 Å². The van der Waals surface area contributed by atoms with Crippen molar-refractivity contribution in [3.8, 4) is 5.75 Å². The number of benzene rings is 1. The number of rotatable bonds is 2. The average molecular weight is 231 g/mol. The van der Waals surface area contributed by atoms with E-state index in [0.29, 0.717) is 5.75 Å². The van der Waals surface area contributed by atoms with Gasteiger partial charge in [0.15, 0.2) is 0 Å². The average Bonchev–Trinajstić information content (AvgIpc) is 2.73. The second-order valence-corrected chi connectivity index (χ2v) is 5.54. The molecule has 2 aliphatic rings. The molecule has 2 heteroatoms. The van der Waals surface area contributed by atoms with Gasteiger partial charge in [-0.25, -0.2) is 0 Å². The molecule has 3 rings (SSSR count). The Labute approximate surface area is 103 Å². The normalized spacial score (nSPS) is 29.2. The minimum atomic E-state index is 0.391.